The van der Waals surface area contributed by atoms with Crippen molar-refractivity contribution in [3.8, 4) is 0 Å². The van der Waals surface area contributed by atoms with Crippen molar-refractivity contribution in [2.24, 2.45) is 0 Å². The van der Waals surface area contributed by atoms with Crippen LogP contribution in [0.1, 0.15) is 26.2 Å². The van der Waals surface area contributed by atoms with Gasteiger partial charge in [-0.15, -0.1) is 0 Å². The predicted molar refractivity (Wildman–Crippen MR) is 63.4 cm³/mol. The van der Waals surface area contributed by atoms with Gasteiger partial charge >= 0.3 is 0 Å². The molecule has 0 aromatic carbocycles. The maximum atomic E-state index is 3.78. The fraction of sp³-hybridized carbons (Fsp3) is 0.538. The molecule has 0 amide bonds. The van der Waals surface area contributed by atoms with Gasteiger partial charge in [0.05, 0.1) is 0 Å². The Bertz CT molecular complexity index is 248. The summed E-state index contributed by atoms with van der Waals surface area (Å²) in [5.74, 6) is 0. The van der Waals surface area contributed by atoms with Gasteiger partial charge in [0.1, 0.15) is 0 Å². The van der Waals surface area contributed by atoms with E-state index in [0.717, 1.165) is 0 Å². The molecule has 1 aliphatic rings. The van der Waals surface area contributed by atoms with Gasteiger partial charge in [-0.05, 0) is 50.9 Å². The Kier molecular flexibility index (Phi) is 4.68. The zero-order chi connectivity index (χ0) is 10.4. The lowest BCUT2D eigenvalue weighted by Gasteiger charge is -2.22. The van der Waals surface area contributed by atoms with Crippen LogP contribution in [0, 0.1) is 0 Å². The molecule has 0 aliphatic carbocycles. The van der Waals surface area contributed by atoms with E-state index in [4.69, 9.17) is 0 Å². The molecular weight excluding hydrogens is 170 g/mol. The summed E-state index contributed by atoms with van der Waals surface area (Å²) in [5, 5.41) is 0. The third kappa shape index (κ3) is 3.15. The van der Waals surface area contributed by atoms with Crippen molar-refractivity contribution in [1.29, 1.82) is 0 Å². The topological polar surface area (TPSA) is 3.24 Å². The molecule has 0 saturated carbocycles. The van der Waals surface area contributed by atoms with Crippen LogP contribution >= 0.6 is 0 Å². The Hall–Kier alpha value is -0.820. The molecule has 0 bridgehead atoms. The van der Waals surface area contributed by atoms with E-state index in [1.54, 1.807) is 0 Å². The van der Waals surface area contributed by atoms with Crippen LogP contribution in [0.5, 0.6) is 0 Å². The van der Waals surface area contributed by atoms with E-state index in [1.807, 2.05) is 6.08 Å². The summed E-state index contributed by atoms with van der Waals surface area (Å²) in [6.45, 7) is 8.30. The maximum absolute atomic E-state index is 3.78. The summed E-state index contributed by atoms with van der Waals surface area (Å²) in [6, 6.07) is 0. The third-order valence-corrected chi connectivity index (χ3v) is 2.83. The molecule has 1 aliphatic heterocycles. The van der Waals surface area contributed by atoms with Gasteiger partial charge in [0.2, 0.25) is 0 Å². The van der Waals surface area contributed by atoms with Gasteiger partial charge in [0.25, 0.3) is 0 Å². The minimum atomic E-state index is 1.17. The van der Waals surface area contributed by atoms with E-state index in [-0.39, 0.29) is 0 Å². The zero-order valence-electron chi connectivity index (χ0n) is 9.42. The smallest absolute Gasteiger partial charge is 0.00188 e. The summed E-state index contributed by atoms with van der Waals surface area (Å²) >= 11 is 0. The van der Waals surface area contributed by atoms with Crippen LogP contribution in [-0.4, -0.2) is 25.0 Å². The first-order chi connectivity index (χ1) is 6.77. The molecule has 0 aromatic rings. The first-order valence-corrected chi connectivity index (χ1v) is 5.43. The molecule has 1 heterocycles. The monoisotopic (exact) mass is 191 g/mol. The van der Waals surface area contributed by atoms with Gasteiger partial charge < -0.3 is 4.90 Å². The van der Waals surface area contributed by atoms with Crippen molar-refractivity contribution in [3.05, 3.63) is 36.0 Å². The molecule has 0 N–H and O–H groups in total. The summed E-state index contributed by atoms with van der Waals surface area (Å²) in [4.78, 5) is 2.41. The van der Waals surface area contributed by atoms with E-state index in [1.165, 1.54) is 43.5 Å². The van der Waals surface area contributed by atoms with Crippen molar-refractivity contribution in [2.75, 3.05) is 20.1 Å². The van der Waals surface area contributed by atoms with E-state index in [0.29, 0.717) is 0 Å². The zero-order valence-corrected chi connectivity index (χ0v) is 9.42. The van der Waals surface area contributed by atoms with E-state index in [9.17, 15) is 0 Å². The van der Waals surface area contributed by atoms with Crippen molar-refractivity contribution < 1.29 is 0 Å². The lowest BCUT2D eigenvalue weighted by atomic mass is 9.95. The number of nitrogens with zero attached hydrogens (tertiary/aromatic N) is 1. The van der Waals surface area contributed by atoms with E-state index in [2.05, 4.69) is 37.6 Å². The second-order valence-electron chi connectivity index (χ2n) is 3.90. The molecule has 1 nitrogen and oxygen atoms in total. The van der Waals surface area contributed by atoms with Crippen LogP contribution in [-0.2, 0) is 0 Å². The van der Waals surface area contributed by atoms with Crippen LogP contribution in [0.25, 0.3) is 0 Å². The standard InChI is InChI=1S/C13H21N/c1-4-7-13-8-6-10-14(3)11-9-12(13)5-2/h4-5,7H,1,6,8-11H2,2-3H3/b12-5-,13-7-. The molecule has 0 aromatic heterocycles. The molecule has 0 atom stereocenters. The minimum absolute atomic E-state index is 1.17. The number of likely N-dealkylation sites (tertiary alicyclic amines) is 1. The fourth-order valence-corrected chi connectivity index (χ4v) is 1.95. The number of hydrogen-bond donors (Lipinski definition) is 0. The highest BCUT2D eigenvalue weighted by molar-refractivity contribution is 5.33. The normalized spacial score (nSPS) is 26.1. The van der Waals surface area contributed by atoms with Crippen LogP contribution in [0.4, 0.5) is 0 Å². The van der Waals surface area contributed by atoms with Crippen LogP contribution in [0.15, 0.2) is 36.0 Å². The van der Waals surface area contributed by atoms with Gasteiger partial charge in [-0.3, -0.25) is 0 Å². The van der Waals surface area contributed by atoms with Crippen LogP contribution in [0.2, 0.25) is 0 Å². The average molecular weight is 191 g/mol. The maximum Gasteiger partial charge on any atom is 0.00188 e. The highest BCUT2D eigenvalue weighted by Gasteiger charge is 2.09. The van der Waals surface area contributed by atoms with E-state index < -0.39 is 0 Å². The lowest BCUT2D eigenvalue weighted by Crippen LogP contribution is -2.23. The Morgan fingerprint density at radius 2 is 2.00 bits per heavy atom. The highest BCUT2D eigenvalue weighted by Crippen LogP contribution is 2.22. The summed E-state index contributed by atoms with van der Waals surface area (Å²) < 4.78 is 0. The van der Waals surface area contributed by atoms with Crippen molar-refractivity contribution >= 4 is 0 Å². The third-order valence-electron chi connectivity index (χ3n) is 2.83. The molecule has 0 unspecified atom stereocenters. The van der Waals surface area contributed by atoms with Crippen molar-refractivity contribution in [1.82, 2.24) is 4.90 Å². The van der Waals surface area contributed by atoms with E-state index >= 15 is 0 Å². The average Bonchev–Trinajstić information content (AvgIpc) is 2.16. The van der Waals surface area contributed by atoms with Crippen LogP contribution in [0.3, 0.4) is 0 Å². The molecule has 0 radical (unpaired) electrons. The molecule has 1 rings (SSSR count). The summed E-state index contributed by atoms with van der Waals surface area (Å²) in [6.07, 6.45) is 9.94. The SMILES string of the molecule is C=C/C=C1/CCCN(C)CC/C1=C/C. The Labute approximate surface area is 87.8 Å². The Balaban J connectivity index is 2.74. The summed E-state index contributed by atoms with van der Waals surface area (Å²) in [5.41, 5.74) is 2.98. The van der Waals surface area contributed by atoms with Gasteiger partial charge in [-0.2, -0.15) is 0 Å². The summed E-state index contributed by atoms with van der Waals surface area (Å²) in [7, 11) is 2.20. The van der Waals surface area contributed by atoms with Crippen molar-refractivity contribution in [3.63, 3.8) is 0 Å². The fourth-order valence-electron chi connectivity index (χ4n) is 1.95. The Morgan fingerprint density at radius 3 is 2.64 bits per heavy atom. The second kappa shape index (κ2) is 5.82. The number of hydrogen-bond acceptors (Lipinski definition) is 1. The number of rotatable bonds is 1. The van der Waals surface area contributed by atoms with Crippen molar-refractivity contribution in [2.45, 2.75) is 26.2 Å². The van der Waals surface area contributed by atoms with Crippen LogP contribution < -0.4 is 0 Å². The van der Waals surface area contributed by atoms with Gasteiger partial charge in [-0.1, -0.05) is 24.8 Å². The second-order valence-corrected chi connectivity index (χ2v) is 3.90. The largest absolute Gasteiger partial charge is 0.306 e. The Morgan fingerprint density at radius 1 is 1.21 bits per heavy atom. The molecule has 14 heavy (non-hydrogen) atoms. The van der Waals surface area contributed by atoms with Gasteiger partial charge in [0, 0.05) is 6.54 Å². The highest BCUT2D eigenvalue weighted by atomic mass is 15.1. The van der Waals surface area contributed by atoms with Gasteiger partial charge in [0.15, 0.2) is 0 Å². The molecule has 0 spiro atoms. The quantitative estimate of drug-likeness (QED) is 0.615. The minimum Gasteiger partial charge on any atom is -0.306 e. The lowest BCUT2D eigenvalue weighted by molar-refractivity contribution is 0.327. The molecule has 1 heteroatoms. The molecule has 1 fully saturated rings. The molecular formula is C13H21N. The molecule has 78 valence electrons. The predicted octanol–water partition coefficient (Wildman–Crippen LogP) is 3.16. The first-order valence-electron chi connectivity index (χ1n) is 5.43. The number of allylic oxidation sites excluding steroid dienone is 4. The van der Waals surface area contributed by atoms with Gasteiger partial charge in [-0.25, -0.2) is 0 Å². The first kappa shape index (κ1) is 11.3. The molecule has 1 saturated heterocycles.